The predicted molar refractivity (Wildman–Crippen MR) is 123 cm³/mol. The number of rotatable bonds is 7. The number of benzene rings is 2. The first-order valence-corrected chi connectivity index (χ1v) is 12.1. The molecule has 2 aromatic carbocycles. The topological polar surface area (TPSA) is 112 Å². The second-order valence-corrected chi connectivity index (χ2v) is 9.92. The van der Waals surface area contributed by atoms with Gasteiger partial charge in [0.15, 0.2) is 0 Å². The lowest BCUT2D eigenvalue weighted by molar-refractivity contribution is 0.0781. The van der Waals surface area contributed by atoms with Crippen molar-refractivity contribution in [2.75, 3.05) is 7.05 Å². The lowest BCUT2D eigenvalue weighted by Crippen LogP contribution is -2.29. The van der Waals surface area contributed by atoms with Gasteiger partial charge in [-0.25, -0.2) is 18.1 Å². The molecular formula is C22H20N4O4S2. The molecule has 0 aliphatic rings. The quantitative estimate of drug-likeness (QED) is 0.433. The minimum atomic E-state index is -3.78. The fourth-order valence-electron chi connectivity index (χ4n) is 3.19. The Balaban J connectivity index is 1.51. The van der Waals surface area contributed by atoms with E-state index < -0.39 is 15.9 Å². The molecule has 4 aromatic rings. The maximum absolute atomic E-state index is 12.9. The van der Waals surface area contributed by atoms with Gasteiger partial charge in [0.25, 0.3) is 11.5 Å². The van der Waals surface area contributed by atoms with E-state index in [0.29, 0.717) is 16.7 Å². The molecule has 0 unspecified atom stereocenters. The van der Waals surface area contributed by atoms with Crippen molar-refractivity contribution in [3.05, 3.63) is 92.7 Å². The van der Waals surface area contributed by atoms with E-state index in [-0.39, 0.29) is 29.1 Å². The second kappa shape index (κ2) is 9.03. The van der Waals surface area contributed by atoms with Crippen LogP contribution in [0.5, 0.6) is 0 Å². The number of fused-ring (bicyclic) bond motifs is 1. The van der Waals surface area contributed by atoms with Gasteiger partial charge < -0.3 is 9.88 Å². The Kier molecular flexibility index (Phi) is 6.17. The zero-order valence-electron chi connectivity index (χ0n) is 17.1. The first kappa shape index (κ1) is 21.9. The van der Waals surface area contributed by atoms with Crippen LogP contribution in [0.3, 0.4) is 0 Å². The molecule has 32 heavy (non-hydrogen) atoms. The molecule has 0 atom stereocenters. The highest BCUT2D eigenvalue weighted by Gasteiger charge is 2.19. The number of sulfonamides is 1. The lowest BCUT2D eigenvalue weighted by Gasteiger charge is -2.17. The van der Waals surface area contributed by atoms with Crippen LogP contribution < -0.4 is 10.3 Å². The summed E-state index contributed by atoms with van der Waals surface area (Å²) in [6, 6.07) is 16.5. The van der Waals surface area contributed by atoms with E-state index in [4.69, 9.17) is 0 Å². The van der Waals surface area contributed by atoms with Crippen LogP contribution in [0.4, 0.5) is 0 Å². The van der Waals surface area contributed by atoms with Gasteiger partial charge in [0.2, 0.25) is 10.0 Å². The van der Waals surface area contributed by atoms with E-state index in [9.17, 15) is 18.0 Å². The van der Waals surface area contributed by atoms with E-state index in [1.54, 1.807) is 37.4 Å². The number of carbonyl (C=O) groups is 1. The van der Waals surface area contributed by atoms with Crippen LogP contribution in [0.15, 0.2) is 75.7 Å². The SMILES string of the molecule is CN(Cc1nc2ccccc2c(=O)[nH]1)C(=O)c1cccc(S(=O)(=O)NCc2cccs2)c1. The third kappa shape index (κ3) is 4.77. The zero-order chi connectivity index (χ0) is 22.7. The van der Waals surface area contributed by atoms with E-state index in [0.717, 1.165) is 4.88 Å². The normalized spacial score (nSPS) is 11.5. The number of amides is 1. The number of H-pyrrole nitrogens is 1. The smallest absolute Gasteiger partial charge is 0.258 e. The van der Waals surface area contributed by atoms with Crippen molar-refractivity contribution in [3.8, 4) is 0 Å². The first-order valence-electron chi connectivity index (χ1n) is 9.69. The van der Waals surface area contributed by atoms with Crippen LogP contribution in [0.25, 0.3) is 10.9 Å². The largest absolute Gasteiger partial charge is 0.334 e. The maximum atomic E-state index is 12.9. The first-order chi connectivity index (χ1) is 15.3. The predicted octanol–water partition coefficient (Wildman–Crippen LogP) is 2.74. The zero-order valence-corrected chi connectivity index (χ0v) is 18.7. The van der Waals surface area contributed by atoms with E-state index in [2.05, 4.69) is 14.7 Å². The van der Waals surface area contributed by atoms with Gasteiger partial charge in [0, 0.05) is 24.0 Å². The molecule has 2 aromatic heterocycles. The third-order valence-corrected chi connectivity index (χ3v) is 7.08. The Morgan fingerprint density at radius 1 is 1.12 bits per heavy atom. The molecule has 8 nitrogen and oxygen atoms in total. The average molecular weight is 469 g/mol. The number of hydrogen-bond donors (Lipinski definition) is 2. The monoisotopic (exact) mass is 468 g/mol. The summed E-state index contributed by atoms with van der Waals surface area (Å²) < 4.78 is 27.8. The van der Waals surface area contributed by atoms with Crippen molar-refractivity contribution in [2.24, 2.45) is 0 Å². The summed E-state index contributed by atoms with van der Waals surface area (Å²) in [6.07, 6.45) is 0. The summed E-state index contributed by atoms with van der Waals surface area (Å²) in [5, 5.41) is 2.34. The minimum Gasteiger partial charge on any atom is -0.334 e. The van der Waals surface area contributed by atoms with Crippen molar-refractivity contribution < 1.29 is 13.2 Å². The molecule has 4 rings (SSSR count). The average Bonchev–Trinajstić information content (AvgIpc) is 3.31. The molecular weight excluding hydrogens is 448 g/mol. The van der Waals surface area contributed by atoms with E-state index in [1.807, 2.05) is 17.5 Å². The Bertz CT molecular complexity index is 1430. The number of aromatic nitrogens is 2. The van der Waals surface area contributed by atoms with Crippen molar-refractivity contribution in [1.29, 1.82) is 0 Å². The molecule has 0 fully saturated rings. The molecule has 164 valence electrons. The molecule has 1 amide bonds. The highest BCUT2D eigenvalue weighted by Crippen LogP contribution is 2.16. The van der Waals surface area contributed by atoms with Crippen molar-refractivity contribution >= 4 is 38.2 Å². The van der Waals surface area contributed by atoms with Gasteiger partial charge in [-0.05, 0) is 41.8 Å². The summed E-state index contributed by atoms with van der Waals surface area (Å²) in [5.41, 5.74) is 0.475. The van der Waals surface area contributed by atoms with Crippen LogP contribution in [0.1, 0.15) is 21.1 Å². The second-order valence-electron chi connectivity index (χ2n) is 7.12. The van der Waals surface area contributed by atoms with Crippen LogP contribution in [0, 0.1) is 0 Å². The number of carbonyl (C=O) groups excluding carboxylic acids is 1. The van der Waals surface area contributed by atoms with Gasteiger partial charge in [0.1, 0.15) is 5.82 Å². The van der Waals surface area contributed by atoms with Gasteiger partial charge in [0.05, 0.1) is 22.3 Å². The van der Waals surface area contributed by atoms with Crippen molar-refractivity contribution in [3.63, 3.8) is 0 Å². The Morgan fingerprint density at radius 3 is 2.72 bits per heavy atom. The number of nitrogens with zero attached hydrogens (tertiary/aromatic N) is 2. The molecule has 0 spiro atoms. The summed E-state index contributed by atoms with van der Waals surface area (Å²) >= 11 is 1.45. The number of aromatic amines is 1. The molecule has 2 N–H and O–H groups in total. The summed E-state index contributed by atoms with van der Waals surface area (Å²) in [5.74, 6) is -0.0537. The Morgan fingerprint density at radius 2 is 1.94 bits per heavy atom. The van der Waals surface area contributed by atoms with Crippen LogP contribution in [-0.4, -0.2) is 36.2 Å². The summed E-state index contributed by atoms with van der Waals surface area (Å²) in [6.45, 7) is 0.242. The van der Waals surface area contributed by atoms with Crippen LogP contribution in [0.2, 0.25) is 0 Å². The maximum Gasteiger partial charge on any atom is 0.258 e. The van der Waals surface area contributed by atoms with Gasteiger partial charge in [-0.3, -0.25) is 9.59 Å². The fourth-order valence-corrected chi connectivity index (χ4v) is 4.97. The molecule has 10 heteroatoms. The van der Waals surface area contributed by atoms with Gasteiger partial charge >= 0.3 is 0 Å². The van der Waals surface area contributed by atoms with Crippen molar-refractivity contribution in [1.82, 2.24) is 19.6 Å². The van der Waals surface area contributed by atoms with E-state index >= 15 is 0 Å². The molecule has 2 heterocycles. The summed E-state index contributed by atoms with van der Waals surface area (Å²) in [4.78, 5) is 34.5. The van der Waals surface area contributed by atoms with Gasteiger partial charge in [-0.15, -0.1) is 11.3 Å². The molecule has 0 bridgehead atoms. The highest BCUT2D eigenvalue weighted by molar-refractivity contribution is 7.89. The number of thiophene rings is 1. The summed E-state index contributed by atoms with van der Waals surface area (Å²) in [7, 11) is -2.22. The molecule has 0 saturated carbocycles. The fraction of sp³-hybridized carbons (Fsp3) is 0.136. The Labute approximate surface area is 188 Å². The number of para-hydroxylation sites is 1. The van der Waals surface area contributed by atoms with Crippen LogP contribution >= 0.6 is 11.3 Å². The molecule has 0 aliphatic heterocycles. The van der Waals surface area contributed by atoms with Gasteiger partial charge in [-0.2, -0.15) is 0 Å². The van der Waals surface area contributed by atoms with Crippen molar-refractivity contribution in [2.45, 2.75) is 18.0 Å². The Hall–Kier alpha value is -3.34. The lowest BCUT2D eigenvalue weighted by atomic mass is 10.2. The number of hydrogen-bond acceptors (Lipinski definition) is 6. The standard InChI is InChI=1S/C22H20N4O4S2/c1-26(14-20-24-19-10-3-2-9-18(19)21(27)25-20)22(28)15-6-4-8-17(12-15)32(29,30)23-13-16-7-5-11-31-16/h2-12,23H,13-14H2,1H3,(H,24,25,27). The third-order valence-electron chi connectivity index (χ3n) is 4.80. The minimum absolute atomic E-state index is 0.00513. The molecule has 0 radical (unpaired) electrons. The highest BCUT2D eigenvalue weighted by atomic mass is 32.2. The molecule has 0 aliphatic carbocycles. The van der Waals surface area contributed by atoms with Crippen LogP contribution in [-0.2, 0) is 23.1 Å². The van der Waals surface area contributed by atoms with Gasteiger partial charge in [-0.1, -0.05) is 24.3 Å². The molecule has 0 saturated heterocycles. The van der Waals surface area contributed by atoms with E-state index in [1.165, 1.54) is 34.4 Å². The number of nitrogens with one attached hydrogen (secondary N) is 2.